The second kappa shape index (κ2) is 6.60. The van der Waals surface area contributed by atoms with Gasteiger partial charge in [0.2, 0.25) is 5.91 Å². The van der Waals surface area contributed by atoms with E-state index in [4.69, 9.17) is 0 Å². The van der Waals surface area contributed by atoms with E-state index in [0.29, 0.717) is 5.91 Å². The first-order chi connectivity index (χ1) is 10.2. The lowest BCUT2D eigenvalue weighted by Crippen LogP contribution is -2.50. The maximum absolute atomic E-state index is 12.5. The predicted molar refractivity (Wildman–Crippen MR) is 87.2 cm³/mol. The van der Waals surface area contributed by atoms with Gasteiger partial charge in [-0.3, -0.25) is 4.79 Å². The predicted octanol–water partition coefficient (Wildman–Crippen LogP) is 2.85. The zero-order chi connectivity index (χ0) is 14.7. The normalized spacial score (nSPS) is 22.4. The van der Waals surface area contributed by atoms with Crippen molar-refractivity contribution in [3.8, 4) is 0 Å². The summed E-state index contributed by atoms with van der Waals surface area (Å²) in [4.78, 5) is 21.2. The molecule has 1 saturated heterocycles. The van der Waals surface area contributed by atoms with Gasteiger partial charge in [-0.05, 0) is 47.3 Å². The van der Waals surface area contributed by atoms with Crippen molar-refractivity contribution in [2.75, 3.05) is 31.1 Å². The molecule has 5 heteroatoms. The highest BCUT2D eigenvalue weighted by atomic mass is 79.9. The van der Waals surface area contributed by atoms with Gasteiger partial charge in [0.1, 0.15) is 5.82 Å². The summed E-state index contributed by atoms with van der Waals surface area (Å²) in [7, 11) is 0. The summed E-state index contributed by atoms with van der Waals surface area (Å²) >= 11 is 3.40. The van der Waals surface area contributed by atoms with Crippen LogP contribution >= 0.6 is 15.9 Å². The molecule has 0 unspecified atom stereocenters. The van der Waals surface area contributed by atoms with E-state index in [2.05, 4.69) is 38.0 Å². The van der Waals surface area contributed by atoms with Gasteiger partial charge in [0.05, 0.1) is 0 Å². The van der Waals surface area contributed by atoms with Crippen molar-refractivity contribution >= 4 is 27.7 Å². The minimum atomic E-state index is 0.201. The smallest absolute Gasteiger partial charge is 0.226 e. The van der Waals surface area contributed by atoms with Crippen LogP contribution in [0.5, 0.6) is 0 Å². The summed E-state index contributed by atoms with van der Waals surface area (Å²) in [6.45, 7) is 3.33. The Morgan fingerprint density at radius 2 is 2.00 bits per heavy atom. The van der Waals surface area contributed by atoms with E-state index in [9.17, 15) is 4.79 Å². The summed E-state index contributed by atoms with van der Waals surface area (Å²) in [6, 6.07) is 4.03. The number of anilines is 1. The SMILES string of the molecule is O=C([C@@H]1CC=CCC1)N1CCN(c2ccc(Br)cn2)CC1. The molecule has 4 nitrogen and oxygen atoms in total. The van der Waals surface area contributed by atoms with Gasteiger partial charge < -0.3 is 9.80 Å². The van der Waals surface area contributed by atoms with Crippen LogP contribution in [-0.4, -0.2) is 42.0 Å². The Hall–Kier alpha value is -1.36. The Balaban J connectivity index is 1.56. The summed E-state index contributed by atoms with van der Waals surface area (Å²) in [5.74, 6) is 1.53. The van der Waals surface area contributed by atoms with Gasteiger partial charge >= 0.3 is 0 Å². The average molecular weight is 350 g/mol. The minimum Gasteiger partial charge on any atom is -0.353 e. The molecule has 1 aliphatic carbocycles. The van der Waals surface area contributed by atoms with Gasteiger partial charge in [0.25, 0.3) is 0 Å². The molecule has 1 atom stereocenters. The quantitative estimate of drug-likeness (QED) is 0.770. The Morgan fingerprint density at radius 3 is 2.62 bits per heavy atom. The molecule has 0 N–H and O–H groups in total. The molecule has 0 radical (unpaired) electrons. The van der Waals surface area contributed by atoms with Gasteiger partial charge in [-0.25, -0.2) is 4.98 Å². The number of aromatic nitrogens is 1. The molecule has 2 aliphatic rings. The second-order valence-corrected chi connectivity index (χ2v) is 6.54. The van der Waals surface area contributed by atoms with Crippen molar-refractivity contribution < 1.29 is 4.79 Å². The standard InChI is InChI=1S/C16H20BrN3O/c17-14-6-7-15(18-12-14)19-8-10-20(11-9-19)16(21)13-4-2-1-3-5-13/h1-2,6-7,12-13H,3-5,8-11H2/t13-/m1/s1. The Bertz CT molecular complexity index is 521. The molecule has 0 spiro atoms. The van der Waals surface area contributed by atoms with Crippen LogP contribution in [0.4, 0.5) is 5.82 Å². The van der Waals surface area contributed by atoms with Crippen LogP contribution in [0.15, 0.2) is 35.0 Å². The number of amides is 1. The van der Waals surface area contributed by atoms with Gasteiger partial charge in [0, 0.05) is 42.8 Å². The molecule has 21 heavy (non-hydrogen) atoms. The van der Waals surface area contributed by atoms with E-state index in [0.717, 1.165) is 55.7 Å². The molecular formula is C16H20BrN3O. The Morgan fingerprint density at radius 1 is 1.19 bits per heavy atom. The summed E-state index contributed by atoms with van der Waals surface area (Å²) < 4.78 is 0.991. The first-order valence-corrected chi connectivity index (χ1v) is 8.33. The minimum absolute atomic E-state index is 0.201. The molecule has 112 valence electrons. The maximum Gasteiger partial charge on any atom is 0.226 e. The van der Waals surface area contributed by atoms with Crippen LogP contribution in [0.1, 0.15) is 19.3 Å². The molecule has 1 fully saturated rings. The molecule has 0 aromatic carbocycles. The third-order valence-corrected chi connectivity index (χ3v) is 4.71. The third-order valence-electron chi connectivity index (χ3n) is 4.25. The Kier molecular flexibility index (Phi) is 4.58. The zero-order valence-electron chi connectivity index (χ0n) is 12.0. The number of piperazine rings is 1. The van der Waals surface area contributed by atoms with Crippen molar-refractivity contribution in [3.05, 3.63) is 35.0 Å². The molecule has 0 bridgehead atoms. The fourth-order valence-electron chi connectivity index (χ4n) is 2.99. The fraction of sp³-hybridized carbons (Fsp3) is 0.500. The molecular weight excluding hydrogens is 330 g/mol. The maximum atomic E-state index is 12.5. The molecule has 2 heterocycles. The van der Waals surface area contributed by atoms with Crippen LogP contribution in [0.2, 0.25) is 0 Å². The number of nitrogens with zero attached hydrogens (tertiary/aromatic N) is 3. The lowest BCUT2D eigenvalue weighted by Gasteiger charge is -2.37. The van der Waals surface area contributed by atoms with Crippen molar-refractivity contribution in [3.63, 3.8) is 0 Å². The number of carbonyl (C=O) groups is 1. The number of allylic oxidation sites excluding steroid dienone is 2. The molecule has 1 aromatic heterocycles. The van der Waals surface area contributed by atoms with Gasteiger partial charge in [-0.15, -0.1) is 0 Å². The van der Waals surface area contributed by atoms with E-state index < -0.39 is 0 Å². The first-order valence-electron chi connectivity index (χ1n) is 7.54. The zero-order valence-corrected chi connectivity index (χ0v) is 13.6. The van der Waals surface area contributed by atoms with Gasteiger partial charge in [-0.1, -0.05) is 12.2 Å². The van der Waals surface area contributed by atoms with Gasteiger partial charge in [-0.2, -0.15) is 0 Å². The van der Waals surface area contributed by atoms with Gasteiger partial charge in [0.15, 0.2) is 0 Å². The van der Waals surface area contributed by atoms with Crippen LogP contribution in [0.25, 0.3) is 0 Å². The monoisotopic (exact) mass is 349 g/mol. The average Bonchev–Trinajstić information content (AvgIpc) is 2.56. The van der Waals surface area contributed by atoms with Crippen LogP contribution < -0.4 is 4.90 Å². The lowest BCUT2D eigenvalue weighted by atomic mass is 9.93. The number of hydrogen-bond acceptors (Lipinski definition) is 3. The second-order valence-electron chi connectivity index (χ2n) is 5.63. The fourth-order valence-corrected chi connectivity index (χ4v) is 3.22. The van der Waals surface area contributed by atoms with Crippen LogP contribution in [-0.2, 0) is 4.79 Å². The highest BCUT2D eigenvalue weighted by Gasteiger charge is 2.27. The molecule has 1 aromatic rings. The van der Waals surface area contributed by atoms with E-state index >= 15 is 0 Å². The molecule has 1 amide bonds. The van der Waals surface area contributed by atoms with E-state index in [1.807, 2.05) is 23.2 Å². The number of rotatable bonds is 2. The first kappa shape index (κ1) is 14.6. The molecule has 1 aliphatic heterocycles. The van der Waals surface area contributed by atoms with Crippen molar-refractivity contribution in [1.82, 2.24) is 9.88 Å². The molecule has 3 rings (SSSR count). The van der Waals surface area contributed by atoms with E-state index in [-0.39, 0.29) is 5.92 Å². The lowest BCUT2D eigenvalue weighted by molar-refractivity contribution is -0.136. The third kappa shape index (κ3) is 3.46. The van der Waals surface area contributed by atoms with Crippen LogP contribution in [0, 0.1) is 5.92 Å². The van der Waals surface area contributed by atoms with Crippen LogP contribution in [0.3, 0.4) is 0 Å². The van der Waals surface area contributed by atoms with Crippen molar-refractivity contribution in [2.24, 2.45) is 5.92 Å². The summed E-state index contributed by atoms with van der Waals surface area (Å²) in [6.07, 6.45) is 9.10. The van der Waals surface area contributed by atoms with Crippen molar-refractivity contribution in [1.29, 1.82) is 0 Å². The number of halogens is 1. The van der Waals surface area contributed by atoms with E-state index in [1.54, 1.807) is 0 Å². The largest absolute Gasteiger partial charge is 0.353 e. The Labute approximate surface area is 134 Å². The summed E-state index contributed by atoms with van der Waals surface area (Å²) in [5, 5.41) is 0. The highest BCUT2D eigenvalue weighted by Crippen LogP contribution is 2.22. The van der Waals surface area contributed by atoms with E-state index in [1.165, 1.54) is 0 Å². The molecule has 0 saturated carbocycles. The summed E-state index contributed by atoms with van der Waals surface area (Å²) in [5.41, 5.74) is 0. The van der Waals surface area contributed by atoms with Crippen molar-refractivity contribution in [2.45, 2.75) is 19.3 Å². The topological polar surface area (TPSA) is 36.4 Å². The number of hydrogen-bond donors (Lipinski definition) is 0. The number of pyridine rings is 1. The number of carbonyl (C=O) groups excluding carboxylic acids is 1. The highest BCUT2D eigenvalue weighted by molar-refractivity contribution is 9.10.